The number of carboxylic acid groups (broad SMARTS) is 1. The Labute approximate surface area is 128 Å². The van der Waals surface area contributed by atoms with Crippen LogP contribution in [0.3, 0.4) is 0 Å². The van der Waals surface area contributed by atoms with Crippen molar-refractivity contribution < 1.29 is 30.0 Å². The van der Waals surface area contributed by atoms with Gasteiger partial charge < -0.3 is 10.2 Å². The van der Waals surface area contributed by atoms with Crippen LogP contribution in [0, 0.1) is 34.1 Å². The smallest absolute Gasteiger partial charge is 0.335 e. The van der Waals surface area contributed by atoms with Gasteiger partial charge in [0.15, 0.2) is 0 Å². The summed E-state index contributed by atoms with van der Waals surface area (Å²) in [5.74, 6) is -3.11. The Balaban J connectivity index is 0.000000313. The summed E-state index contributed by atoms with van der Waals surface area (Å²) in [6, 6.07) is 2.96. The summed E-state index contributed by atoms with van der Waals surface area (Å²) in [5.41, 5.74) is -0.591. The van der Waals surface area contributed by atoms with Crippen molar-refractivity contribution in [1.29, 1.82) is 0 Å². The van der Waals surface area contributed by atoms with E-state index in [-0.39, 0.29) is 0 Å². The number of nitro groups is 2. The maximum absolute atomic E-state index is 11.2. The number of nitrogens with zero attached hydrogens (tertiary/aromatic N) is 2. The zero-order valence-electron chi connectivity index (χ0n) is 12.0. The van der Waals surface area contributed by atoms with E-state index in [9.17, 15) is 30.1 Å². The van der Waals surface area contributed by atoms with Crippen LogP contribution in [0.25, 0.3) is 0 Å². The monoisotopic (exact) mass is 324 g/mol. The van der Waals surface area contributed by atoms with Crippen molar-refractivity contribution in [3.8, 4) is 5.75 Å². The Bertz CT molecular complexity index is 717. The molecule has 0 atom stereocenters. The van der Waals surface area contributed by atoms with Gasteiger partial charge in [-0.3, -0.25) is 20.2 Å². The van der Waals surface area contributed by atoms with E-state index in [2.05, 4.69) is 16.3 Å². The number of nitrogens with one attached hydrogen (secondary N) is 2. The highest BCUT2D eigenvalue weighted by molar-refractivity contribution is 5.93. The van der Waals surface area contributed by atoms with Crippen LogP contribution in [0.4, 0.5) is 11.4 Å². The Morgan fingerprint density at radius 2 is 1.78 bits per heavy atom. The zero-order chi connectivity index (χ0) is 17.7. The number of aromatic nitrogens is 2. The average molecular weight is 324 g/mol. The van der Waals surface area contributed by atoms with Crippen LogP contribution in [-0.4, -0.2) is 26.0 Å². The van der Waals surface area contributed by atoms with E-state index >= 15 is 0 Å². The average Bonchev–Trinajstić information content (AvgIpc) is 2.82. The van der Waals surface area contributed by atoms with E-state index in [1.165, 1.54) is 11.4 Å². The van der Waals surface area contributed by atoms with Crippen LogP contribution in [-0.2, 0) is 0 Å². The minimum Gasteiger partial charge on any atom is -0.867 e. The molecule has 0 unspecified atom stereocenters. The summed E-state index contributed by atoms with van der Waals surface area (Å²) >= 11 is 0. The SMILES string of the molecule is Cc1cc(C)[nH+][nH]1.O=C(O)c1cc([N+](=O)[O-])cc([N+](=O)[O-])c1[O-]. The Hall–Kier alpha value is -3.50. The molecule has 1 heterocycles. The molecule has 122 valence electrons. The first kappa shape index (κ1) is 17.6. The number of nitro benzene ring substituents is 2. The highest BCUT2D eigenvalue weighted by atomic mass is 16.6. The molecule has 1 aromatic heterocycles. The third-order valence-corrected chi connectivity index (χ3v) is 2.58. The largest absolute Gasteiger partial charge is 0.867 e. The third kappa shape index (κ3) is 4.49. The molecule has 0 aliphatic carbocycles. The predicted octanol–water partition coefficient (Wildman–Crippen LogP) is 0.720. The van der Waals surface area contributed by atoms with Crippen molar-refractivity contribution in [3.63, 3.8) is 0 Å². The fourth-order valence-electron chi connectivity index (χ4n) is 1.59. The number of rotatable bonds is 3. The van der Waals surface area contributed by atoms with E-state index in [1.807, 2.05) is 13.8 Å². The Morgan fingerprint density at radius 1 is 1.17 bits per heavy atom. The van der Waals surface area contributed by atoms with Gasteiger partial charge in [0.1, 0.15) is 0 Å². The number of carboxylic acids is 1. The zero-order valence-corrected chi connectivity index (χ0v) is 12.0. The number of carbonyl (C=O) groups is 1. The van der Waals surface area contributed by atoms with Crippen LogP contribution < -0.4 is 10.2 Å². The van der Waals surface area contributed by atoms with E-state index in [0.717, 1.165) is 0 Å². The molecule has 23 heavy (non-hydrogen) atoms. The molecule has 0 spiro atoms. The molecule has 3 N–H and O–H groups in total. The standard InChI is InChI=1S/C7H4N2O7.C5H8N2/c10-6-4(7(11)12)1-3(8(13)14)2-5(6)9(15)16;1-4-3-5(2)7-6-4/h1-2,10H,(H,11,12);3H,1-2H3,(H,6,7). The number of aromatic amines is 2. The second kappa shape index (κ2) is 6.98. The van der Waals surface area contributed by atoms with E-state index in [1.54, 1.807) is 0 Å². The highest BCUT2D eigenvalue weighted by Crippen LogP contribution is 2.31. The number of aromatic carboxylic acids is 1. The lowest BCUT2D eigenvalue weighted by Crippen LogP contribution is -2.08. The summed E-state index contributed by atoms with van der Waals surface area (Å²) in [5, 5.41) is 46.3. The summed E-state index contributed by atoms with van der Waals surface area (Å²) in [6.45, 7) is 4.03. The number of aryl methyl sites for hydroxylation is 2. The highest BCUT2D eigenvalue weighted by Gasteiger charge is 2.21. The van der Waals surface area contributed by atoms with Crippen LogP contribution >= 0.6 is 0 Å². The van der Waals surface area contributed by atoms with Crippen molar-refractivity contribution in [1.82, 2.24) is 5.10 Å². The van der Waals surface area contributed by atoms with Gasteiger partial charge in [0.05, 0.1) is 27.2 Å². The molecule has 0 saturated carbocycles. The second-order valence-corrected chi connectivity index (χ2v) is 4.42. The number of H-pyrrole nitrogens is 2. The maximum Gasteiger partial charge on any atom is 0.335 e. The van der Waals surface area contributed by atoms with Gasteiger partial charge in [0.2, 0.25) is 5.69 Å². The molecule has 11 nitrogen and oxygen atoms in total. The van der Waals surface area contributed by atoms with Gasteiger partial charge in [0.25, 0.3) is 11.4 Å². The molecule has 2 aromatic rings. The van der Waals surface area contributed by atoms with Crippen molar-refractivity contribution >= 4 is 17.3 Å². The molecule has 0 aliphatic heterocycles. The fraction of sp³-hybridized carbons (Fsp3) is 0.167. The molecule has 0 fully saturated rings. The van der Waals surface area contributed by atoms with Crippen molar-refractivity contribution in [2.75, 3.05) is 0 Å². The quantitative estimate of drug-likeness (QED) is 0.616. The first-order valence-electron chi connectivity index (χ1n) is 6.04. The topological polar surface area (TPSA) is 177 Å². The van der Waals surface area contributed by atoms with Gasteiger partial charge in [-0.1, -0.05) is 0 Å². The van der Waals surface area contributed by atoms with Gasteiger partial charge in [-0.2, -0.15) is 5.10 Å². The molecule has 11 heteroatoms. The van der Waals surface area contributed by atoms with Crippen LogP contribution in [0.15, 0.2) is 18.2 Å². The van der Waals surface area contributed by atoms with Crippen LogP contribution in [0.1, 0.15) is 21.7 Å². The van der Waals surface area contributed by atoms with Crippen molar-refractivity contribution in [2.24, 2.45) is 0 Å². The first-order valence-corrected chi connectivity index (χ1v) is 6.04. The summed E-state index contributed by atoms with van der Waals surface area (Å²) in [6.07, 6.45) is 0. The van der Waals surface area contributed by atoms with Crippen molar-refractivity contribution in [2.45, 2.75) is 13.8 Å². The molecule has 0 aliphatic rings. The molecule has 0 amide bonds. The molecule has 0 radical (unpaired) electrons. The molecule has 1 aromatic carbocycles. The Morgan fingerprint density at radius 3 is 2.09 bits per heavy atom. The normalized spacial score (nSPS) is 9.65. The van der Waals surface area contributed by atoms with Gasteiger partial charge in [-0.05, 0) is 12.7 Å². The predicted molar refractivity (Wildman–Crippen MR) is 73.0 cm³/mol. The van der Waals surface area contributed by atoms with Gasteiger partial charge >= 0.3 is 5.97 Å². The number of hydrogen-bond donors (Lipinski definition) is 2. The Kier molecular flexibility index (Phi) is 5.32. The molecule has 2 rings (SSSR count). The minimum absolute atomic E-state index is 0.425. The lowest BCUT2D eigenvalue weighted by Gasteiger charge is -2.09. The van der Waals surface area contributed by atoms with E-state index < -0.39 is 38.5 Å². The minimum atomic E-state index is -1.75. The van der Waals surface area contributed by atoms with Gasteiger partial charge in [0, 0.05) is 19.1 Å². The summed E-state index contributed by atoms with van der Waals surface area (Å²) in [4.78, 5) is 29.1. The number of benzene rings is 1. The molecular formula is C12H12N4O7. The fourth-order valence-corrected chi connectivity index (χ4v) is 1.59. The molecule has 0 saturated heterocycles. The number of hydrogen-bond acceptors (Lipinski definition) is 6. The van der Waals surface area contributed by atoms with Crippen LogP contribution in [0.2, 0.25) is 0 Å². The van der Waals surface area contributed by atoms with Gasteiger partial charge in [-0.25, -0.2) is 4.79 Å². The molecule has 0 bridgehead atoms. The first-order chi connectivity index (χ1) is 10.6. The molecular weight excluding hydrogens is 312 g/mol. The lowest BCUT2D eigenvalue weighted by atomic mass is 10.1. The summed E-state index contributed by atoms with van der Waals surface area (Å²) in [7, 11) is 0. The van der Waals surface area contributed by atoms with Crippen molar-refractivity contribution in [3.05, 3.63) is 55.4 Å². The van der Waals surface area contributed by atoms with Gasteiger partial charge in [-0.15, -0.1) is 5.10 Å². The lowest BCUT2D eigenvalue weighted by molar-refractivity contribution is -0.457. The number of non-ortho nitro benzene ring substituents is 1. The summed E-state index contributed by atoms with van der Waals surface area (Å²) < 4.78 is 0. The van der Waals surface area contributed by atoms with E-state index in [4.69, 9.17) is 5.11 Å². The van der Waals surface area contributed by atoms with E-state index in [0.29, 0.717) is 12.1 Å². The third-order valence-electron chi connectivity index (χ3n) is 2.58. The second-order valence-electron chi connectivity index (χ2n) is 4.42. The van der Waals surface area contributed by atoms with Crippen LogP contribution in [0.5, 0.6) is 5.75 Å². The maximum atomic E-state index is 11.2.